The quantitative estimate of drug-likeness (QED) is 0.583. The molecule has 3 nitrogen and oxygen atoms in total. The lowest BCUT2D eigenvalue weighted by atomic mass is 10.1. The van der Waals surface area contributed by atoms with Crippen LogP contribution < -0.4 is 4.74 Å². The number of rotatable bonds is 6. The van der Waals surface area contributed by atoms with Crippen LogP contribution >= 0.6 is 0 Å². The van der Waals surface area contributed by atoms with Crippen LogP contribution in [0.1, 0.15) is 25.0 Å². The average molecular weight is 284 g/mol. The van der Waals surface area contributed by atoms with E-state index >= 15 is 0 Å². The van der Waals surface area contributed by atoms with Crippen molar-refractivity contribution in [3.63, 3.8) is 0 Å². The second kappa shape index (κ2) is 6.68. The lowest BCUT2D eigenvalue weighted by Gasteiger charge is -2.15. The minimum atomic E-state index is -2.83. The monoisotopic (exact) mass is 284 g/mol. The molecule has 0 aliphatic carbocycles. The molecule has 0 N–H and O–H groups in total. The molecule has 20 heavy (non-hydrogen) atoms. The largest absolute Gasteiger partial charge is 0.487 e. The molecule has 0 bridgehead atoms. The molecule has 0 fully saturated rings. The fourth-order valence-electron chi connectivity index (χ4n) is 1.52. The number of aryl methyl sites for hydroxylation is 2. The van der Waals surface area contributed by atoms with Gasteiger partial charge in [-0.2, -0.15) is 0 Å². The number of nitrogens with zero attached hydrogens (tertiary/aromatic N) is 2. The Morgan fingerprint density at radius 2 is 1.95 bits per heavy atom. The first-order chi connectivity index (χ1) is 9.23. The van der Waals surface area contributed by atoms with E-state index in [1.54, 1.807) is 12.4 Å². The molecule has 0 aliphatic heterocycles. The van der Waals surface area contributed by atoms with E-state index in [0.717, 1.165) is 30.3 Å². The van der Waals surface area contributed by atoms with Crippen LogP contribution in [-0.4, -0.2) is 37.4 Å². The number of hydrogen-bond donors (Lipinski definition) is 0. The van der Waals surface area contributed by atoms with Crippen molar-refractivity contribution in [1.82, 2.24) is 4.90 Å². The SMILES string of the molecule is CCN(C)C=Nc1cc(C)c(OCC(C)(F)F)cc1C. The highest BCUT2D eigenvalue weighted by atomic mass is 19.3. The van der Waals surface area contributed by atoms with E-state index < -0.39 is 12.5 Å². The van der Waals surface area contributed by atoms with Gasteiger partial charge in [-0.1, -0.05) is 0 Å². The molecule has 0 aliphatic rings. The summed E-state index contributed by atoms with van der Waals surface area (Å²) < 4.78 is 30.8. The first-order valence-corrected chi connectivity index (χ1v) is 6.59. The van der Waals surface area contributed by atoms with Gasteiger partial charge in [0.05, 0.1) is 12.0 Å². The van der Waals surface area contributed by atoms with Crippen molar-refractivity contribution in [2.45, 2.75) is 33.6 Å². The van der Waals surface area contributed by atoms with Gasteiger partial charge in [0.2, 0.25) is 0 Å². The number of ether oxygens (including phenoxy) is 1. The highest BCUT2D eigenvalue weighted by Gasteiger charge is 2.22. The van der Waals surface area contributed by atoms with Crippen molar-refractivity contribution in [2.75, 3.05) is 20.2 Å². The first kappa shape index (κ1) is 16.4. The van der Waals surface area contributed by atoms with E-state index in [1.165, 1.54) is 0 Å². The second-order valence-corrected chi connectivity index (χ2v) is 5.08. The van der Waals surface area contributed by atoms with Crippen molar-refractivity contribution < 1.29 is 13.5 Å². The molecule has 0 radical (unpaired) electrons. The summed E-state index contributed by atoms with van der Waals surface area (Å²) >= 11 is 0. The molecule has 1 aromatic carbocycles. The number of aliphatic imine (C=N–C) groups is 1. The van der Waals surface area contributed by atoms with Crippen LogP contribution in [0.4, 0.5) is 14.5 Å². The van der Waals surface area contributed by atoms with Crippen LogP contribution in [0.3, 0.4) is 0 Å². The molecule has 0 saturated heterocycles. The van der Waals surface area contributed by atoms with Crippen LogP contribution in [-0.2, 0) is 0 Å². The van der Waals surface area contributed by atoms with E-state index in [9.17, 15) is 8.78 Å². The molecular formula is C15H22F2N2O. The van der Waals surface area contributed by atoms with Crippen molar-refractivity contribution >= 4 is 12.0 Å². The lowest BCUT2D eigenvalue weighted by Crippen LogP contribution is -2.21. The second-order valence-electron chi connectivity index (χ2n) is 5.08. The van der Waals surface area contributed by atoms with Gasteiger partial charge in [0.15, 0.2) is 6.61 Å². The Hall–Kier alpha value is -1.65. The normalized spacial score (nSPS) is 11.9. The summed E-state index contributed by atoms with van der Waals surface area (Å²) in [7, 11) is 1.94. The predicted octanol–water partition coefficient (Wildman–Crippen LogP) is 3.95. The van der Waals surface area contributed by atoms with Crippen molar-refractivity contribution in [3.8, 4) is 5.75 Å². The number of hydrogen-bond acceptors (Lipinski definition) is 2. The summed E-state index contributed by atoms with van der Waals surface area (Å²) in [4.78, 5) is 6.34. The third-order valence-electron chi connectivity index (χ3n) is 2.87. The summed E-state index contributed by atoms with van der Waals surface area (Å²) in [5.74, 6) is -2.35. The van der Waals surface area contributed by atoms with Crippen LogP contribution in [0.15, 0.2) is 17.1 Å². The zero-order valence-corrected chi connectivity index (χ0v) is 12.7. The van der Waals surface area contributed by atoms with Crippen molar-refractivity contribution in [1.29, 1.82) is 0 Å². The van der Waals surface area contributed by atoms with Gasteiger partial charge < -0.3 is 9.64 Å². The Kier molecular flexibility index (Phi) is 5.48. The Morgan fingerprint density at radius 1 is 1.30 bits per heavy atom. The maximum atomic E-state index is 12.8. The maximum Gasteiger partial charge on any atom is 0.278 e. The zero-order valence-electron chi connectivity index (χ0n) is 12.7. The van der Waals surface area contributed by atoms with Gasteiger partial charge >= 0.3 is 0 Å². The van der Waals surface area contributed by atoms with E-state index in [1.807, 2.05) is 38.8 Å². The Labute approximate surface area is 119 Å². The summed E-state index contributed by atoms with van der Waals surface area (Å²) in [6.45, 7) is 6.84. The minimum Gasteiger partial charge on any atom is -0.487 e. The molecule has 0 amide bonds. The number of alkyl halides is 2. The van der Waals surface area contributed by atoms with Gasteiger partial charge in [-0.25, -0.2) is 13.8 Å². The van der Waals surface area contributed by atoms with Crippen molar-refractivity contribution in [2.24, 2.45) is 4.99 Å². The summed E-state index contributed by atoms with van der Waals surface area (Å²) in [6.07, 6.45) is 1.75. The van der Waals surface area contributed by atoms with Crippen LogP contribution in [0.5, 0.6) is 5.75 Å². The Balaban J connectivity index is 2.89. The third kappa shape index (κ3) is 5.15. The topological polar surface area (TPSA) is 24.8 Å². The number of halogens is 2. The van der Waals surface area contributed by atoms with Crippen LogP contribution in [0.25, 0.3) is 0 Å². The van der Waals surface area contributed by atoms with E-state index in [2.05, 4.69) is 4.99 Å². The molecule has 5 heteroatoms. The standard InChI is InChI=1S/C15H22F2N2O/c1-6-19(5)10-18-13-7-12(3)14(8-11(13)2)20-9-15(4,16)17/h7-8,10H,6,9H2,1-5H3. The van der Waals surface area contributed by atoms with Crippen molar-refractivity contribution in [3.05, 3.63) is 23.3 Å². The maximum absolute atomic E-state index is 12.8. The van der Waals surface area contributed by atoms with E-state index in [0.29, 0.717) is 5.75 Å². The van der Waals surface area contributed by atoms with Gasteiger partial charge in [-0.15, -0.1) is 0 Å². The first-order valence-electron chi connectivity index (χ1n) is 6.59. The molecule has 0 atom stereocenters. The molecule has 0 aromatic heterocycles. The molecular weight excluding hydrogens is 262 g/mol. The van der Waals surface area contributed by atoms with Crippen LogP contribution in [0.2, 0.25) is 0 Å². The molecule has 1 rings (SSSR count). The molecule has 0 unspecified atom stereocenters. The van der Waals surface area contributed by atoms with Gasteiger partial charge in [-0.05, 0) is 44.0 Å². The fraction of sp³-hybridized carbons (Fsp3) is 0.533. The average Bonchev–Trinajstić information content (AvgIpc) is 2.36. The fourth-order valence-corrected chi connectivity index (χ4v) is 1.52. The smallest absolute Gasteiger partial charge is 0.278 e. The lowest BCUT2D eigenvalue weighted by molar-refractivity contribution is -0.0231. The third-order valence-corrected chi connectivity index (χ3v) is 2.87. The summed E-state index contributed by atoms with van der Waals surface area (Å²) in [5.41, 5.74) is 2.51. The van der Waals surface area contributed by atoms with E-state index in [-0.39, 0.29) is 0 Å². The molecule has 0 spiro atoms. The summed E-state index contributed by atoms with van der Waals surface area (Å²) in [6, 6.07) is 3.60. The predicted molar refractivity (Wildman–Crippen MR) is 78.5 cm³/mol. The van der Waals surface area contributed by atoms with Gasteiger partial charge in [0.1, 0.15) is 5.75 Å². The minimum absolute atomic E-state index is 0.479. The number of benzene rings is 1. The van der Waals surface area contributed by atoms with Crippen LogP contribution in [0, 0.1) is 13.8 Å². The van der Waals surface area contributed by atoms with Gasteiger partial charge in [0.25, 0.3) is 5.92 Å². The Bertz CT molecular complexity index is 481. The Morgan fingerprint density at radius 3 is 2.50 bits per heavy atom. The summed E-state index contributed by atoms with van der Waals surface area (Å²) in [5, 5.41) is 0. The molecule has 1 aromatic rings. The molecule has 112 valence electrons. The highest BCUT2D eigenvalue weighted by Crippen LogP contribution is 2.29. The zero-order chi connectivity index (χ0) is 15.3. The molecule has 0 saturated carbocycles. The van der Waals surface area contributed by atoms with E-state index in [4.69, 9.17) is 4.74 Å². The molecule has 0 heterocycles. The highest BCUT2D eigenvalue weighted by molar-refractivity contribution is 5.64. The van der Waals surface area contributed by atoms with Gasteiger partial charge in [-0.3, -0.25) is 0 Å². The van der Waals surface area contributed by atoms with Gasteiger partial charge in [0, 0.05) is 20.5 Å².